The van der Waals surface area contributed by atoms with E-state index in [0.717, 1.165) is 36.9 Å². The van der Waals surface area contributed by atoms with E-state index in [1.165, 1.54) is 0 Å². The number of hydrogen-bond acceptors (Lipinski definition) is 5. The number of likely N-dealkylation sites (tertiary alicyclic amines) is 1. The van der Waals surface area contributed by atoms with Crippen molar-refractivity contribution in [3.8, 4) is 5.75 Å². The molecule has 0 N–H and O–H groups in total. The largest absolute Gasteiger partial charge is 0.481 e. The molecule has 1 aliphatic carbocycles. The van der Waals surface area contributed by atoms with Crippen LogP contribution in [0.4, 0.5) is 0 Å². The Bertz CT molecular complexity index is 951. The van der Waals surface area contributed by atoms with E-state index in [1.807, 2.05) is 24.0 Å². The highest BCUT2D eigenvalue weighted by Gasteiger charge is 2.44. The van der Waals surface area contributed by atoms with Gasteiger partial charge in [-0.15, -0.1) is 0 Å². The van der Waals surface area contributed by atoms with Crippen LogP contribution in [0.15, 0.2) is 27.4 Å². The fourth-order valence-corrected chi connectivity index (χ4v) is 4.75. The summed E-state index contributed by atoms with van der Waals surface area (Å²) in [4.78, 5) is 26.8. The summed E-state index contributed by atoms with van der Waals surface area (Å²) in [5, 5.41) is 0.877. The first-order chi connectivity index (χ1) is 13.4. The number of amides is 1. The first kappa shape index (κ1) is 19.0. The van der Waals surface area contributed by atoms with Gasteiger partial charge in [-0.25, -0.2) is 4.79 Å². The number of carbonyl (C=O) groups is 1. The van der Waals surface area contributed by atoms with Crippen molar-refractivity contribution in [2.75, 3.05) is 20.2 Å². The molecule has 1 saturated heterocycles. The normalized spacial score (nSPS) is 25.1. The Morgan fingerprint density at radius 3 is 2.50 bits per heavy atom. The maximum atomic E-state index is 12.9. The van der Waals surface area contributed by atoms with Crippen LogP contribution in [0.1, 0.15) is 30.9 Å². The van der Waals surface area contributed by atoms with Crippen LogP contribution in [0, 0.1) is 25.7 Å². The molecular formula is C22H27NO5. The molecule has 1 aromatic carbocycles. The van der Waals surface area contributed by atoms with Gasteiger partial charge in [0.1, 0.15) is 11.3 Å². The lowest BCUT2D eigenvalue weighted by Gasteiger charge is -2.38. The third kappa shape index (κ3) is 3.20. The zero-order valence-corrected chi connectivity index (χ0v) is 16.9. The summed E-state index contributed by atoms with van der Waals surface area (Å²) in [7, 11) is 1.76. The maximum absolute atomic E-state index is 12.9. The molecule has 4 atom stereocenters. The van der Waals surface area contributed by atoms with Gasteiger partial charge in [0.25, 0.3) is 5.91 Å². The molecule has 1 aliphatic heterocycles. The Hall–Kier alpha value is -2.34. The summed E-state index contributed by atoms with van der Waals surface area (Å²) in [6, 6.07) is 5.38. The van der Waals surface area contributed by atoms with Crippen molar-refractivity contribution in [1.29, 1.82) is 0 Å². The van der Waals surface area contributed by atoms with Crippen molar-refractivity contribution in [3.05, 3.63) is 39.7 Å². The van der Waals surface area contributed by atoms with Crippen LogP contribution in [0.3, 0.4) is 0 Å². The van der Waals surface area contributed by atoms with Crippen LogP contribution in [-0.2, 0) is 9.53 Å². The second-order valence-corrected chi connectivity index (χ2v) is 8.10. The van der Waals surface area contributed by atoms with E-state index in [1.54, 1.807) is 27.0 Å². The molecule has 0 radical (unpaired) electrons. The molecule has 4 rings (SSSR count). The summed E-state index contributed by atoms with van der Waals surface area (Å²) in [6.45, 7) is 6.89. The summed E-state index contributed by atoms with van der Waals surface area (Å²) in [5.41, 5.74) is 1.64. The molecule has 2 fully saturated rings. The van der Waals surface area contributed by atoms with Crippen molar-refractivity contribution in [2.45, 2.75) is 45.8 Å². The number of carbonyl (C=O) groups excluding carboxylic acids is 1. The van der Waals surface area contributed by atoms with Crippen LogP contribution in [0.2, 0.25) is 0 Å². The molecule has 0 spiro atoms. The van der Waals surface area contributed by atoms with E-state index in [9.17, 15) is 9.59 Å². The molecule has 6 heteroatoms. The van der Waals surface area contributed by atoms with E-state index in [4.69, 9.17) is 13.9 Å². The number of ether oxygens (including phenoxy) is 2. The molecule has 150 valence electrons. The van der Waals surface area contributed by atoms with Crippen LogP contribution in [-0.4, -0.2) is 43.2 Å². The lowest BCUT2D eigenvalue weighted by atomic mass is 9.94. The smallest absolute Gasteiger partial charge is 0.339 e. The average molecular weight is 385 g/mol. The number of piperidine rings is 1. The Balaban J connectivity index is 1.49. The lowest BCUT2D eigenvalue weighted by Crippen LogP contribution is -2.51. The van der Waals surface area contributed by atoms with E-state index in [0.29, 0.717) is 28.7 Å². The highest BCUT2D eigenvalue weighted by molar-refractivity contribution is 5.83. The minimum Gasteiger partial charge on any atom is -0.481 e. The number of fused-ring (bicyclic) bond motifs is 3. The number of aryl methyl sites for hydroxylation is 1. The van der Waals surface area contributed by atoms with E-state index < -0.39 is 6.10 Å². The summed E-state index contributed by atoms with van der Waals surface area (Å²) in [6.07, 6.45) is 1.90. The van der Waals surface area contributed by atoms with Crippen molar-refractivity contribution in [1.82, 2.24) is 4.90 Å². The Morgan fingerprint density at radius 2 is 1.86 bits per heavy atom. The van der Waals surface area contributed by atoms with Gasteiger partial charge in [-0.3, -0.25) is 4.79 Å². The standard InChI is InChI=1S/C22H27NO5/c1-12-13(2)22(25)28-19-9-17(7-8-18(12)19)27-14(3)21(24)23-10-15-5-6-16(11-23)20(15)26-4/h7-9,14-16,20H,5-6,10-11H2,1-4H3/t14?,15-,16+,20?. The summed E-state index contributed by atoms with van der Waals surface area (Å²) < 4.78 is 16.9. The molecule has 6 nitrogen and oxygen atoms in total. The van der Waals surface area contributed by atoms with Gasteiger partial charge in [-0.2, -0.15) is 0 Å². The fraction of sp³-hybridized carbons (Fsp3) is 0.545. The van der Waals surface area contributed by atoms with E-state index >= 15 is 0 Å². The van der Waals surface area contributed by atoms with Crippen LogP contribution in [0.25, 0.3) is 11.0 Å². The number of hydrogen-bond donors (Lipinski definition) is 0. The summed E-state index contributed by atoms with van der Waals surface area (Å²) >= 11 is 0. The zero-order chi connectivity index (χ0) is 20.0. The van der Waals surface area contributed by atoms with Gasteiger partial charge in [0, 0.05) is 49.1 Å². The van der Waals surface area contributed by atoms with Gasteiger partial charge in [-0.1, -0.05) is 0 Å². The Morgan fingerprint density at radius 1 is 1.18 bits per heavy atom. The highest BCUT2D eigenvalue weighted by Crippen LogP contribution is 2.38. The minimum absolute atomic E-state index is 0.00640. The predicted octanol–water partition coefficient (Wildman–Crippen LogP) is 3.06. The second kappa shape index (κ2) is 7.24. The van der Waals surface area contributed by atoms with Gasteiger partial charge in [0.2, 0.25) is 0 Å². The molecule has 28 heavy (non-hydrogen) atoms. The molecule has 1 amide bonds. The van der Waals surface area contributed by atoms with Gasteiger partial charge in [-0.05, 0) is 51.3 Å². The maximum Gasteiger partial charge on any atom is 0.339 e. The average Bonchev–Trinajstić information content (AvgIpc) is 2.93. The summed E-state index contributed by atoms with van der Waals surface area (Å²) in [5.74, 6) is 1.35. The first-order valence-corrected chi connectivity index (χ1v) is 9.91. The van der Waals surface area contributed by atoms with E-state index in [2.05, 4.69) is 0 Å². The molecular weight excluding hydrogens is 358 g/mol. The molecule has 2 aromatic rings. The molecule has 2 bridgehead atoms. The topological polar surface area (TPSA) is 69.0 Å². The monoisotopic (exact) mass is 385 g/mol. The zero-order valence-electron chi connectivity index (χ0n) is 16.9. The van der Waals surface area contributed by atoms with Crippen molar-refractivity contribution < 1.29 is 18.7 Å². The molecule has 2 aliphatic rings. The number of rotatable bonds is 4. The Labute approximate surface area is 164 Å². The van der Waals surface area contributed by atoms with Crippen molar-refractivity contribution >= 4 is 16.9 Å². The van der Waals surface area contributed by atoms with Crippen molar-refractivity contribution in [2.24, 2.45) is 11.8 Å². The SMILES string of the molecule is COC1[C@@H]2CC[C@H]1CN(C(=O)C(C)Oc1ccc3c(C)c(C)c(=O)oc3c1)C2. The van der Waals surface area contributed by atoms with Gasteiger partial charge < -0.3 is 18.8 Å². The minimum atomic E-state index is -0.603. The van der Waals surface area contributed by atoms with Crippen LogP contribution in [0.5, 0.6) is 5.75 Å². The lowest BCUT2D eigenvalue weighted by molar-refractivity contribution is -0.143. The Kier molecular flexibility index (Phi) is 4.91. The highest BCUT2D eigenvalue weighted by atomic mass is 16.5. The molecule has 1 aromatic heterocycles. The van der Waals surface area contributed by atoms with Crippen LogP contribution < -0.4 is 10.4 Å². The van der Waals surface area contributed by atoms with Crippen molar-refractivity contribution in [3.63, 3.8) is 0 Å². The van der Waals surface area contributed by atoms with Crippen LogP contribution >= 0.6 is 0 Å². The third-order valence-corrected chi connectivity index (χ3v) is 6.42. The van der Waals surface area contributed by atoms with Gasteiger partial charge in [0.15, 0.2) is 6.10 Å². The third-order valence-electron chi connectivity index (χ3n) is 6.42. The fourth-order valence-electron chi connectivity index (χ4n) is 4.75. The number of nitrogens with zero attached hydrogens (tertiary/aromatic N) is 1. The van der Waals surface area contributed by atoms with E-state index in [-0.39, 0.29) is 17.6 Å². The number of methoxy groups -OCH3 is 1. The second-order valence-electron chi connectivity index (χ2n) is 8.10. The quantitative estimate of drug-likeness (QED) is 0.757. The predicted molar refractivity (Wildman–Crippen MR) is 106 cm³/mol. The molecule has 1 saturated carbocycles. The first-order valence-electron chi connectivity index (χ1n) is 9.91. The number of benzene rings is 1. The molecule has 2 unspecified atom stereocenters. The van der Waals surface area contributed by atoms with Gasteiger partial charge in [0.05, 0.1) is 6.10 Å². The molecule has 2 heterocycles. The van der Waals surface area contributed by atoms with Gasteiger partial charge >= 0.3 is 5.63 Å².